The molecular weight excluding hydrogens is 244 g/mol. The van der Waals surface area contributed by atoms with E-state index < -0.39 is 0 Å². The second-order valence-corrected chi connectivity index (χ2v) is 3.83. The number of nitrogens with zero attached hydrogens (tertiary/aromatic N) is 2. The first kappa shape index (κ1) is 13.3. The monoisotopic (exact) mass is 260 g/mol. The molecule has 100 valence electrons. The van der Waals surface area contributed by atoms with Crippen LogP contribution in [0.5, 0.6) is 11.5 Å². The Morgan fingerprint density at radius 1 is 1.11 bits per heavy atom. The largest absolute Gasteiger partial charge is 0.490 e. The fourth-order valence-electron chi connectivity index (χ4n) is 1.59. The van der Waals surface area contributed by atoms with Gasteiger partial charge in [-0.1, -0.05) is 6.07 Å². The summed E-state index contributed by atoms with van der Waals surface area (Å²) in [7, 11) is 0. The zero-order valence-corrected chi connectivity index (χ0v) is 10.7. The molecule has 1 N–H and O–H groups in total. The minimum atomic E-state index is -0.0256. The molecule has 2 aromatic rings. The lowest BCUT2D eigenvalue weighted by Crippen LogP contribution is -2.03. The lowest BCUT2D eigenvalue weighted by atomic mass is 10.2. The lowest BCUT2D eigenvalue weighted by Gasteiger charge is -2.12. The summed E-state index contributed by atoms with van der Waals surface area (Å²) in [4.78, 5) is 8.17. The highest BCUT2D eigenvalue weighted by molar-refractivity contribution is 5.42. The molecule has 0 fully saturated rings. The van der Waals surface area contributed by atoms with Crippen LogP contribution in [0.25, 0.3) is 0 Å². The number of ether oxygens (including phenoxy) is 2. The third-order valence-corrected chi connectivity index (χ3v) is 2.47. The Balaban J connectivity index is 2.10. The van der Waals surface area contributed by atoms with Crippen molar-refractivity contribution in [3.05, 3.63) is 48.0 Å². The summed E-state index contributed by atoms with van der Waals surface area (Å²) >= 11 is 0. The maximum absolute atomic E-state index is 9.11. The summed E-state index contributed by atoms with van der Waals surface area (Å²) in [5.41, 5.74) is 0.784. The van der Waals surface area contributed by atoms with E-state index in [-0.39, 0.29) is 13.2 Å². The van der Waals surface area contributed by atoms with Crippen molar-refractivity contribution in [3.8, 4) is 11.5 Å². The maximum Gasteiger partial charge on any atom is 0.166 e. The van der Waals surface area contributed by atoms with E-state index in [1.54, 1.807) is 36.7 Å². The van der Waals surface area contributed by atoms with Crippen LogP contribution in [0.2, 0.25) is 0 Å². The van der Waals surface area contributed by atoms with Crippen LogP contribution in [0.1, 0.15) is 18.3 Å². The Bertz CT molecular complexity index is 517. The molecule has 5 heteroatoms. The first-order valence-electron chi connectivity index (χ1n) is 6.08. The van der Waals surface area contributed by atoms with E-state index in [1.165, 1.54) is 0 Å². The third kappa shape index (κ3) is 3.66. The minimum Gasteiger partial charge on any atom is -0.490 e. The first-order chi connectivity index (χ1) is 9.33. The van der Waals surface area contributed by atoms with Gasteiger partial charge in [-0.2, -0.15) is 0 Å². The number of benzene rings is 1. The van der Waals surface area contributed by atoms with Gasteiger partial charge in [-0.15, -0.1) is 0 Å². The van der Waals surface area contributed by atoms with Gasteiger partial charge in [-0.05, 0) is 30.7 Å². The Labute approximate surface area is 111 Å². The molecular formula is C14H16N2O3. The molecule has 1 heterocycles. The zero-order chi connectivity index (χ0) is 13.5. The SMILES string of the molecule is CCOc1cc(CO)ccc1OCc1ncccn1. The molecule has 0 amide bonds. The quantitative estimate of drug-likeness (QED) is 0.860. The van der Waals surface area contributed by atoms with Crippen molar-refractivity contribution in [1.29, 1.82) is 0 Å². The van der Waals surface area contributed by atoms with Crippen LogP contribution in [-0.4, -0.2) is 21.7 Å². The Kier molecular flexibility index (Phi) is 4.69. The molecule has 5 nitrogen and oxygen atoms in total. The average molecular weight is 260 g/mol. The summed E-state index contributed by atoms with van der Waals surface area (Å²) < 4.78 is 11.1. The first-order valence-corrected chi connectivity index (χ1v) is 6.08. The molecule has 0 bridgehead atoms. The Morgan fingerprint density at radius 2 is 1.89 bits per heavy atom. The van der Waals surface area contributed by atoms with Crippen LogP contribution < -0.4 is 9.47 Å². The lowest BCUT2D eigenvalue weighted by molar-refractivity contribution is 0.259. The van der Waals surface area contributed by atoms with Crippen LogP contribution in [0.15, 0.2) is 36.7 Å². The number of aliphatic hydroxyl groups is 1. The number of aromatic nitrogens is 2. The van der Waals surface area contributed by atoms with Crippen molar-refractivity contribution in [1.82, 2.24) is 9.97 Å². The summed E-state index contributed by atoms with van der Waals surface area (Å²) in [6.45, 7) is 2.68. The van der Waals surface area contributed by atoms with Crippen molar-refractivity contribution in [2.24, 2.45) is 0 Å². The molecule has 0 aliphatic rings. The highest BCUT2D eigenvalue weighted by Gasteiger charge is 2.07. The summed E-state index contributed by atoms with van der Waals surface area (Å²) in [5.74, 6) is 1.84. The molecule has 0 saturated carbocycles. The molecule has 0 atom stereocenters. The van der Waals surface area contributed by atoms with Crippen molar-refractivity contribution >= 4 is 0 Å². The van der Waals surface area contributed by atoms with Gasteiger partial charge in [0.2, 0.25) is 0 Å². The van der Waals surface area contributed by atoms with Crippen LogP contribution in [-0.2, 0) is 13.2 Å². The van der Waals surface area contributed by atoms with Crippen LogP contribution in [0.4, 0.5) is 0 Å². The highest BCUT2D eigenvalue weighted by Crippen LogP contribution is 2.29. The normalized spacial score (nSPS) is 10.2. The second-order valence-electron chi connectivity index (χ2n) is 3.83. The van der Waals surface area contributed by atoms with E-state index in [9.17, 15) is 0 Å². The van der Waals surface area contributed by atoms with E-state index in [0.29, 0.717) is 23.9 Å². The predicted octanol–water partition coefficient (Wildman–Crippen LogP) is 1.95. The van der Waals surface area contributed by atoms with Crippen LogP contribution in [0, 0.1) is 0 Å². The standard InChI is InChI=1S/C14H16N2O3/c1-2-18-13-8-11(9-17)4-5-12(13)19-10-14-15-6-3-7-16-14/h3-8,17H,2,9-10H2,1H3. The van der Waals surface area contributed by atoms with Crippen molar-refractivity contribution in [3.63, 3.8) is 0 Å². The molecule has 0 saturated heterocycles. The number of hydrogen-bond acceptors (Lipinski definition) is 5. The molecule has 1 aromatic heterocycles. The van der Waals surface area contributed by atoms with E-state index in [1.807, 2.05) is 6.92 Å². The second kappa shape index (κ2) is 6.70. The van der Waals surface area contributed by atoms with Gasteiger partial charge < -0.3 is 14.6 Å². The van der Waals surface area contributed by atoms with Crippen LogP contribution >= 0.6 is 0 Å². The van der Waals surface area contributed by atoms with Crippen molar-refractivity contribution in [2.45, 2.75) is 20.1 Å². The molecule has 2 rings (SSSR count). The fourth-order valence-corrected chi connectivity index (χ4v) is 1.59. The molecule has 0 aliphatic heterocycles. The van der Waals surface area contributed by atoms with Gasteiger partial charge in [0, 0.05) is 12.4 Å². The number of aliphatic hydroxyl groups excluding tert-OH is 1. The molecule has 0 aliphatic carbocycles. The van der Waals surface area contributed by atoms with Gasteiger partial charge in [-0.25, -0.2) is 9.97 Å². The Hall–Kier alpha value is -2.14. The number of rotatable bonds is 6. The predicted molar refractivity (Wildman–Crippen MR) is 69.9 cm³/mol. The van der Waals surface area contributed by atoms with E-state index in [2.05, 4.69) is 9.97 Å². The molecule has 0 spiro atoms. The van der Waals surface area contributed by atoms with E-state index in [4.69, 9.17) is 14.6 Å². The molecule has 19 heavy (non-hydrogen) atoms. The van der Waals surface area contributed by atoms with Gasteiger partial charge in [0.1, 0.15) is 6.61 Å². The summed E-state index contributed by atoms with van der Waals surface area (Å²) in [5, 5.41) is 9.11. The summed E-state index contributed by atoms with van der Waals surface area (Å²) in [6.07, 6.45) is 3.34. The molecule has 0 radical (unpaired) electrons. The average Bonchev–Trinajstić information content (AvgIpc) is 2.47. The van der Waals surface area contributed by atoms with E-state index in [0.717, 1.165) is 5.56 Å². The van der Waals surface area contributed by atoms with Gasteiger partial charge >= 0.3 is 0 Å². The maximum atomic E-state index is 9.11. The van der Waals surface area contributed by atoms with Crippen molar-refractivity contribution in [2.75, 3.05) is 6.61 Å². The highest BCUT2D eigenvalue weighted by atomic mass is 16.5. The fraction of sp³-hybridized carbons (Fsp3) is 0.286. The summed E-state index contributed by atoms with van der Waals surface area (Å²) in [6, 6.07) is 7.10. The van der Waals surface area contributed by atoms with Crippen LogP contribution in [0.3, 0.4) is 0 Å². The zero-order valence-electron chi connectivity index (χ0n) is 10.7. The number of hydrogen-bond donors (Lipinski definition) is 1. The van der Waals surface area contributed by atoms with E-state index >= 15 is 0 Å². The minimum absolute atomic E-state index is 0.0256. The van der Waals surface area contributed by atoms with Gasteiger partial charge in [0.25, 0.3) is 0 Å². The topological polar surface area (TPSA) is 64.5 Å². The van der Waals surface area contributed by atoms with Gasteiger partial charge in [0.15, 0.2) is 17.3 Å². The Morgan fingerprint density at radius 3 is 2.58 bits per heavy atom. The molecule has 1 aromatic carbocycles. The molecule has 0 unspecified atom stereocenters. The third-order valence-electron chi connectivity index (χ3n) is 2.47. The smallest absolute Gasteiger partial charge is 0.166 e. The van der Waals surface area contributed by atoms with Gasteiger partial charge in [0.05, 0.1) is 13.2 Å². The van der Waals surface area contributed by atoms with Gasteiger partial charge in [-0.3, -0.25) is 0 Å². The van der Waals surface area contributed by atoms with Crippen molar-refractivity contribution < 1.29 is 14.6 Å².